The number of rotatable bonds is 1. The lowest BCUT2D eigenvalue weighted by atomic mass is 10.0. The highest BCUT2D eigenvalue weighted by atomic mass is 16.5. The van der Waals surface area contributed by atoms with E-state index < -0.39 is 0 Å². The fraction of sp³-hybridized carbons (Fsp3) is 0.263. The molecule has 2 nitrogen and oxygen atoms in total. The van der Waals surface area contributed by atoms with Crippen molar-refractivity contribution >= 4 is 0 Å². The summed E-state index contributed by atoms with van der Waals surface area (Å²) < 4.78 is 6.18. The molecule has 4 atom stereocenters. The van der Waals surface area contributed by atoms with Crippen LogP contribution in [0, 0.1) is 11.8 Å². The van der Waals surface area contributed by atoms with Crippen LogP contribution in [-0.4, -0.2) is 19.3 Å². The van der Waals surface area contributed by atoms with E-state index in [2.05, 4.69) is 50.1 Å². The Balaban J connectivity index is 1.78. The van der Waals surface area contributed by atoms with Crippen molar-refractivity contribution < 1.29 is 9.64 Å². The highest BCUT2D eigenvalue weighted by Crippen LogP contribution is 2.24. The first-order chi connectivity index (χ1) is 10.3. The number of nitrogens with one attached hydrogen (secondary N) is 1. The van der Waals surface area contributed by atoms with Gasteiger partial charge in [-0.1, -0.05) is 54.5 Å². The third kappa shape index (κ3) is 3.00. The van der Waals surface area contributed by atoms with Crippen molar-refractivity contribution in [2.75, 3.05) is 7.05 Å². The number of benzene rings is 2. The first kappa shape index (κ1) is 13.9. The van der Waals surface area contributed by atoms with Crippen molar-refractivity contribution in [3.63, 3.8) is 0 Å². The Morgan fingerprint density at radius 1 is 0.952 bits per heavy atom. The Labute approximate surface area is 126 Å². The minimum absolute atomic E-state index is 0.0783. The monoisotopic (exact) mass is 278 g/mol. The normalized spacial score (nSPS) is 27.9. The van der Waals surface area contributed by atoms with Crippen LogP contribution in [0.15, 0.2) is 60.7 Å². The third-order valence-corrected chi connectivity index (χ3v) is 4.12. The third-order valence-electron chi connectivity index (χ3n) is 4.12. The van der Waals surface area contributed by atoms with Crippen molar-refractivity contribution in [2.45, 2.75) is 25.3 Å². The van der Waals surface area contributed by atoms with E-state index >= 15 is 0 Å². The zero-order valence-electron chi connectivity index (χ0n) is 12.4. The number of hydrogen-bond donors (Lipinski definition) is 1. The van der Waals surface area contributed by atoms with E-state index in [1.807, 2.05) is 36.4 Å². The molecule has 0 aliphatic carbocycles. The predicted molar refractivity (Wildman–Crippen MR) is 83.7 cm³/mol. The summed E-state index contributed by atoms with van der Waals surface area (Å²) in [6, 6.07) is 20.9. The molecule has 0 aromatic heterocycles. The van der Waals surface area contributed by atoms with Crippen LogP contribution in [0.5, 0.6) is 0 Å². The Hall–Kier alpha value is -2.08. The van der Waals surface area contributed by atoms with Crippen molar-refractivity contribution in [1.82, 2.24) is 0 Å². The molecule has 1 unspecified atom stereocenters. The summed E-state index contributed by atoms with van der Waals surface area (Å²) in [6.45, 7) is 2.22. The van der Waals surface area contributed by atoms with Crippen LogP contribution in [-0.2, 0) is 4.74 Å². The second kappa shape index (κ2) is 6.13. The maximum absolute atomic E-state index is 6.18. The van der Waals surface area contributed by atoms with Gasteiger partial charge in [-0.3, -0.25) is 4.90 Å². The fourth-order valence-electron chi connectivity index (χ4n) is 2.68. The number of quaternary nitrogens is 1. The van der Waals surface area contributed by atoms with E-state index in [0.29, 0.717) is 6.04 Å². The van der Waals surface area contributed by atoms with Crippen LogP contribution in [0.1, 0.15) is 24.2 Å². The van der Waals surface area contributed by atoms with E-state index in [-0.39, 0.29) is 12.3 Å². The molecular formula is C19H20NO+. The van der Waals surface area contributed by atoms with Crippen LogP contribution >= 0.6 is 0 Å². The van der Waals surface area contributed by atoms with Crippen LogP contribution in [0.25, 0.3) is 0 Å². The average Bonchev–Trinajstić information content (AvgIpc) is 2.83. The molecule has 1 fully saturated rings. The molecule has 0 radical (unpaired) electrons. The highest BCUT2D eigenvalue weighted by molar-refractivity contribution is 5.34. The smallest absolute Gasteiger partial charge is 0.257 e. The molecule has 0 bridgehead atoms. The lowest BCUT2D eigenvalue weighted by Gasteiger charge is -2.15. The zero-order chi connectivity index (χ0) is 14.7. The maximum Gasteiger partial charge on any atom is 0.257 e. The summed E-state index contributed by atoms with van der Waals surface area (Å²) in [5.74, 6) is 6.48. The fourth-order valence-corrected chi connectivity index (χ4v) is 2.68. The predicted octanol–water partition coefficient (Wildman–Crippen LogP) is 2.04. The molecule has 1 heterocycles. The van der Waals surface area contributed by atoms with Gasteiger partial charge in [-0.2, -0.15) is 0 Å². The molecule has 2 aromatic carbocycles. The molecule has 1 N–H and O–H groups in total. The van der Waals surface area contributed by atoms with Crippen molar-refractivity contribution in [3.8, 4) is 11.8 Å². The van der Waals surface area contributed by atoms with Crippen LogP contribution in [0.2, 0.25) is 0 Å². The van der Waals surface area contributed by atoms with Crippen molar-refractivity contribution in [1.29, 1.82) is 0 Å². The largest absolute Gasteiger partial charge is 0.304 e. The summed E-state index contributed by atoms with van der Waals surface area (Å²) in [6.07, 6.45) is 0.0340. The van der Waals surface area contributed by atoms with Crippen LogP contribution in [0.4, 0.5) is 0 Å². The lowest BCUT2D eigenvalue weighted by molar-refractivity contribution is -0.917. The molecule has 1 aliphatic rings. The highest BCUT2D eigenvalue weighted by Gasteiger charge is 2.41. The van der Waals surface area contributed by atoms with Gasteiger partial charge in [-0.25, -0.2) is 0 Å². The van der Waals surface area contributed by atoms with Gasteiger partial charge in [0.05, 0.1) is 7.05 Å². The quantitative estimate of drug-likeness (QED) is 0.788. The molecule has 21 heavy (non-hydrogen) atoms. The Kier molecular flexibility index (Phi) is 4.06. The molecular weight excluding hydrogens is 258 g/mol. The van der Waals surface area contributed by atoms with Crippen molar-refractivity contribution in [3.05, 3.63) is 71.8 Å². The summed E-state index contributed by atoms with van der Waals surface area (Å²) in [4.78, 5) is 1.31. The topological polar surface area (TPSA) is 13.7 Å². The van der Waals surface area contributed by atoms with E-state index in [1.165, 1.54) is 10.5 Å². The van der Waals surface area contributed by atoms with Gasteiger partial charge < -0.3 is 4.74 Å². The van der Waals surface area contributed by atoms with Gasteiger partial charge in [-0.05, 0) is 30.5 Å². The molecule has 3 rings (SSSR count). The van der Waals surface area contributed by atoms with E-state index in [1.54, 1.807) is 0 Å². The number of hydrogen-bond acceptors (Lipinski definition) is 1. The maximum atomic E-state index is 6.18. The van der Waals surface area contributed by atoms with Gasteiger partial charge in [-0.15, -0.1) is 0 Å². The Morgan fingerprint density at radius 3 is 2.24 bits per heavy atom. The van der Waals surface area contributed by atoms with Crippen LogP contribution in [0.3, 0.4) is 0 Å². The standard InChI is InChI=1S/C19H19NO/c1-15-19(17-11-7-4-8-12-17)21-18(20(15)2)14-13-16-9-5-3-6-10-16/h3-12,15,18-19H,1-2H3/p+1/t15-,18-,19+/m1/s1. The van der Waals surface area contributed by atoms with Crippen molar-refractivity contribution in [2.24, 2.45) is 0 Å². The van der Waals surface area contributed by atoms with Gasteiger partial charge in [0.2, 0.25) is 0 Å². The summed E-state index contributed by atoms with van der Waals surface area (Å²) >= 11 is 0. The van der Waals surface area contributed by atoms with E-state index in [4.69, 9.17) is 4.74 Å². The molecule has 2 aromatic rings. The molecule has 1 aliphatic heterocycles. The molecule has 0 spiro atoms. The van der Waals surface area contributed by atoms with E-state index in [0.717, 1.165) is 5.56 Å². The first-order valence-corrected chi connectivity index (χ1v) is 7.36. The van der Waals surface area contributed by atoms with Gasteiger partial charge in [0.1, 0.15) is 12.1 Å². The van der Waals surface area contributed by atoms with Gasteiger partial charge in [0.15, 0.2) is 0 Å². The number of likely N-dealkylation sites (N-methyl/N-ethyl adjacent to an activating group) is 1. The molecule has 1 saturated heterocycles. The molecule has 106 valence electrons. The van der Waals surface area contributed by atoms with Crippen LogP contribution < -0.4 is 4.90 Å². The summed E-state index contributed by atoms with van der Waals surface area (Å²) in [7, 11) is 2.15. The Bertz CT molecular complexity index is 642. The second-order valence-electron chi connectivity index (χ2n) is 5.52. The first-order valence-electron chi connectivity index (χ1n) is 7.36. The van der Waals surface area contributed by atoms with Gasteiger partial charge in [0.25, 0.3) is 6.23 Å². The zero-order valence-corrected chi connectivity index (χ0v) is 12.4. The van der Waals surface area contributed by atoms with E-state index in [9.17, 15) is 0 Å². The Morgan fingerprint density at radius 2 is 1.57 bits per heavy atom. The van der Waals surface area contributed by atoms with Gasteiger partial charge >= 0.3 is 0 Å². The number of ether oxygens (including phenoxy) is 1. The summed E-state index contributed by atoms with van der Waals surface area (Å²) in [5.41, 5.74) is 2.26. The summed E-state index contributed by atoms with van der Waals surface area (Å²) in [5, 5.41) is 0. The molecule has 0 saturated carbocycles. The molecule has 0 amide bonds. The second-order valence-corrected chi connectivity index (χ2v) is 5.52. The molecule has 2 heteroatoms. The van der Waals surface area contributed by atoms with Gasteiger partial charge in [0, 0.05) is 5.56 Å². The minimum atomic E-state index is -0.0783. The SMILES string of the molecule is C[C@@H]1[C@@H](c2ccccc2)O[C@H](C#Cc2ccccc2)[NH+]1C. The lowest BCUT2D eigenvalue weighted by Crippen LogP contribution is -3.14. The average molecular weight is 278 g/mol. The minimum Gasteiger partial charge on any atom is -0.304 e.